The van der Waals surface area contributed by atoms with Gasteiger partial charge in [-0.1, -0.05) is 11.6 Å². The van der Waals surface area contributed by atoms with Gasteiger partial charge in [0, 0.05) is 19.6 Å². The maximum atomic E-state index is 12.8. The van der Waals surface area contributed by atoms with Gasteiger partial charge in [-0.3, -0.25) is 9.63 Å². The first kappa shape index (κ1) is 16.4. The Hall–Kier alpha value is -1.96. The predicted molar refractivity (Wildman–Crippen MR) is 83.2 cm³/mol. The summed E-state index contributed by atoms with van der Waals surface area (Å²) in [5.74, 6) is -0.0294. The van der Waals surface area contributed by atoms with E-state index >= 15 is 0 Å². The highest BCUT2D eigenvalue weighted by molar-refractivity contribution is 5.98. The van der Waals surface area contributed by atoms with Crippen LogP contribution in [0.5, 0.6) is 0 Å². The van der Waals surface area contributed by atoms with Gasteiger partial charge in [-0.05, 0) is 19.1 Å². The maximum Gasteiger partial charge on any atom is 0.256 e. The summed E-state index contributed by atoms with van der Waals surface area (Å²) in [5.41, 5.74) is 5.13. The van der Waals surface area contributed by atoms with Crippen LogP contribution in [0.2, 0.25) is 0 Å². The van der Waals surface area contributed by atoms with E-state index in [1.165, 1.54) is 4.80 Å². The van der Waals surface area contributed by atoms with Gasteiger partial charge in [0.2, 0.25) is 0 Å². The Balaban J connectivity index is 0.00000176. The summed E-state index contributed by atoms with van der Waals surface area (Å²) in [4.78, 5) is 21.2. The third-order valence-electron chi connectivity index (χ3n) is 3.35. The topological polar surface area (TPSA) is 72.3 Å². The zero-order valence-corrected chi connectivity index (χ0v) is 13.0. The highest BCUT2D eigenvalue weighted by Gasteiger charge is 2.21. The molecule has 1 saturated heterocycles. The van der Waals surface area contributed by atoms with Crippen LogP contribution in [0, 0.1) is 6.92 Å². The number of hydroxylamine groups is 1. The fraction of sp³-hybridized carbons (Fsp3) is 0.357. The predicted octanol–water partition coefficient (Wildman–Crippen LogP) is 0.975. The molecule has 0 bridgehead atoms. The van der Waals surface area contributed by atoms with Crippen molar-refractivity contribution in [3.05, 3.63) is 41.7 Å². The highest BCUT2D eigenvalue weighted by atomic mass is 35.5. The largest absolute Gasteiger partial charge is 0.335 e. The fourth-order valence-electron chi connectivity index (χ4n) is 2.30. The number of nitrogens with zero attached hydrogens (tertiary/aromatic N) is 4. The number of hydrogen-bond donors (Lipinski definition) is 1. The number of nitrogens with one attached hydrogen (secondary N) is 1. The molecule has 3 rings (SSSR count). The molecule has 0 spiro atoms. The molecule has 0 unspecified atom stereocenters. The number of aromatic nitrogens is 3. The number of aryl methyl sites for hydroxylation is 1. The SMILES string of the molecule is Cc1ccc(-n2nccn2)c(C(=O)N2CCNOCC2)c1.Cl. The van der Waals surface area contributed by atoms with E-state index in [0.29, 0.717) is 37.5 Å². The Bertz CT molecular complexity index is 624. The average Bonchev–Trinajstić information content (AvgIpc) is 2.88. The van der Waals surface area contributed by atoms with Crippen LogP contribution in [0.15, 0.2) is 30.6 Å². The lowest BCUT2D eigenvalue weighted by Crippen LogP contribution is -2.35. The van der Waals surface area contributed by atoms with Gasteiger partial charge in [0.25, 0.3) is 5.91 Å². The van der Waals surface area contributed by atoms with Crippen molar-refractivity contribution in [2.24, 2.45) is 0 Å². The van der Waals surface area contributed by atoms with Crippen LogP contribution in [0.25, 0.3) is 5.69 Å². The van der Waals surface area contributed by atoms with Crippen LogP contribution in [0.3, 0.4) is 0 Å². The molecule has 7 nitrogen and oxygen atoms in total. The zero-order chi connectivity index (χ0) is 14.7. The van der Waals surface area contributed by atoms with E-state index in [-0.39, 0.29) is 18.3 Å². The lowest BCUT2D eigenvalue weighted by atomic mass is 10.1. The van der Waals surface area contributed by atoms with E-state index in [2.05, 4.69) is 15.7 Å². The third-order valence-corrected chi connectivity index (χ3v) is 3.35. The number of rotatable bonds is 2. The molecule has 8 heteroatoms. The molecule has 22 heavy (non-hydrogen) atoms. The molecule has 0 aliphatic carbocycles. The Morgan fingerprint density at radius 3 is 2.82 bits per heavy atom. The van der Waals surface area contributed by atoms with Crippen molar-refractivity contribution in [3.63, 3.8) is 0 Å². The van der Waals surface area contributed by atoms with Gasteiger partial charge in [-0.2, -0.15) is 15.0 Å². The zero-order valence-electron chi connectivity index (χ0n) is 12.2. The molecule has 0 radical (unpaired) electrons. The van der Waals surface area contributed by atoms with Crippen LogP contribution >= 0.6 is 12.4 Å². The van der Waals surface area contributed by atoms with Gasteiger partial charge in [0.15, 0.2) is 0 Å². The van der Waals surface area contributed by atoms with Crippen LogP contribution in [0.4, 0.5) is 0 Å². The van der Waals surface area contributed by atoms with Crippen LogP contribution in [-0.4, -0.2) is 52.0 Å². The molecule has 1 aromatic carbocycles. The molecule has 2 heterocycles. The first-order chi connectivity index (χ1) is 10.3. The van der Waals surface area contributed by atoms with E-state index in [1.807, 2.05) is 25.1 Å². The molecule has 0 saturated carbocycles. The first-order valence-electron chi connectivity index (χ1n) is 6.87. The Labute approximate surface area is 134 Å². The Morgan fingerprint density at radius 1 is 1.27 bits per heavy atom. The second-order valence-corrected chi connectivity index (χ2v) is 4.87. The second-order valence-electron chi connectivity index (χ2n) is 4.87. The van der Waals surface area contributed by atoms with Gasteiger partial charge in [0.1, 0.15) is 0 Å². The van der Waals surface area contributed by atoms with Crippen LogP contribution in [-0.2, 0) is 4.84 Å². The fourth-order valence-corrected chi connectivity index (χ4v) is 2.30. The van der Waals surface area contributed by atoms with Crippen molar-refractivity contribution >= 4 is 18.3 Å². The quantitative estimate of drug-likeness (QED) is 0.891. The van der Waals surface area contributed by atoms with E-state index < -0.39 is 0 Å². The molecule has 1 aliphatic heterocycles. The summed E-state index contributed by atoms with van der Waals surface area (Å²) in [7, 11) is 0. The lowest BCUT2D eigenvalue weighted by Gasteiger charge is -2.20. The number of carbonyl (C=O) groups is 1. The van der Waals surface area contributed by atoms with Crippen molar-refractivity contribution in [1.29, 1.82) is 0 Å². The molecular weight excluding hydrogens is 306 g/mol. The molecule has 2 aromatic rings. The Morgan fingerprint density at radius 2 is 2.05 bits per heavy atom. The van der Waals surface area contributed by atoms with Crippen molar-refractivity contribution in [3.8, 4) is 5.69 Å². The van der Waals surface area contributed by atoms with E-state index in [4.69, 9.17) is 4.84 Å². The molecule has 1 amide bonds. The molecular formula is C14H18ClN5O2. The molecule has 1 aliphatic rings. The summed E-state index contributed by atoms with van der Waals surface area (Å²) in [6, 6.07) is 5.69. The molecule has 1 fully saturated rings. The van der Waals surface area contributed by atoms with Gasteiger partial charge in [0.05, 0.1) is 30.3 Å². The van der Waals surface area contributed by atoms with Gasteiger partial charge in [-0.25, -0.2) is 5.48 Å². The maximum absolute atomic E-state index is 12.8. The standard InChI is InChI=1S/C14H17N5O2.ClH/c1-11-2-3-13(19-15-4-5-16-19)12(10-11)14(20)18-7-6-17-21-9-8-18;/h2-5,10,17H,6-9H2,1H3;1H. The van der Waals surface area contributed by atoms with E-state index in [1.54, 1.807) is 17.3 Å². The summed E-state index contributed by atoms with van der Waals surface area (Å²) in [6.45, 7) is 4.23. The van der Waals surface area contributed by atoms with E-state index in [0.717, 1.165) is 5.56 Å². The van der Waals surface area contributed by atoms with Crippen molar-refractivity contribution in [1.82, 2.24) is 25.4 Å². The number of benzene rings is 1. The van der Waals surface area contributed by atoms with Gasteiger partial charge in [-0.15, -0.1) is 12.4 Å². The number of amides is 1. The monoisotopic (exact) mass is 323 g/mol. The average molecular weight is 324 g/mol. The highest BCUT2D eigenvalue weighted by Crippen LogP contribution is 2.17. The minimum atomic E-state index is -0.0294. The van der Waals surface area contributed by atoms with Crippen molar-refractivity contribution < 1.29 is 9.63 Å². The summed E-state index contributed by atoms with van der Waals surface area (Å²) in [5, 5.41) is 8.24. The summed E-state index contributed by atoms with van der Waals surface area (Å²) >= 11 is 0. The minimum Gasteiger partial charge on any atom is -0.335 e. The van der Waals surface area contributed by atoms with Crippen LogP contribution in [0.1, 0.15) is 15.9 Å². The first-order valence-corrected chi connectivity index (χ1v) is 6.87. The molecule has 1 N–H and O–H groups in total. The van der Waals surface area contributed by atoms with Gasteiger partial charge < -0.3 is 4.90 Å². The molecule has 118 valence electrons. The Kier molecular flexibility index (Phi) is 5.48. The summed E-state index contributed by atoms with van der Waals surface area (Å²) in [6.07, 6.45) is 3.19. The number of halogens is 1. The lowest BCUT2D eigenvalue weighted by molar-refractivity contribution is 0.0522. The van der Waals surface area contributed by atoms with Crippen molar-refractivity contribution in [2.45, 2.75) is 6.92 Å². The van der Waals surface area contributed by atoms with Crippen LogP contribution < -0.4 is 5.48 Å². The molecule has 0 atom stereocenters. The molecule has 1 aromatic heterocycles. The third kappa shape index (κ3) is 3.44. The smallest absolute Gasteiger partial charge is 0.256 e. The number of hydrogen-bond acceptors (Lipinski definition) is 5. The minimum absolute atomic E-state index is 0. The number of carbonyl (C=O) groups excluding carboxylic acids is 1. The normalized spacial score (nSPS) is 15.0. The second kappa shape index (κ2) is 7.35. The summed E-state index contributed by atoms with van der Waals surface area (Å²) < 4.78 is 0. The van der Waals surface area contributed by atoms with Gasteiger partial charge >= 0.3 is 0 Å². The van der Waals surface area contributed by atoms with Crippen molar-refractivity contribution in [2.75, 3.05) is 26.2 Å². The van der Waals surface area contributed by atoms with E-state index in [9.17, 15) is 4.79 Å².